The van der Waals surface area contributed by atoms with Crippen molar-refractivity contribution in [2.75, 3.05) is 6.61 Å². The third-order valence-corrected chi connectivity index (χ3v) is 2.48. The maximum atomic E-state index is 11.9. The maximum absolute atomic E-state index is 11.9. The van der Waals surface area contributed by atoms with Crippen molar-refractivity contribution in [1.82, 2.24) is 0 Å². The largest absolute Gasteiger partial charge is 0.435 e. The van der Waals surface area contributed by atoms with Crippen LogP contribution in [0.4, 0.5) is 8.78 Å². The molecule has 15 heavy (non-hydrogen) atoms. The van der Waals surface area contributed by atoms with Crippen LogP contribution >= 0.6 is 15.9 Å². The monoisotopic (exact) mass is 281 g/mol. The van der Waals surface area contributed by atoms with Crippen LogP contribution in [0.2, 0.25) is 0 Å². The number of hydrogen-bond acceptors (Lipinski definition) is 3. The van der Waals surface area contributed by atoms with Crippen LogP contribution in [0.1, 0.15) is 11.6 Å². The lowest BCUT2D eigenvalue weighted by atomic mass is 10.1. The Bertz CT molecular complexity index is 336. The molecule has 1 aromatic rings. The van der Waals surface area contributed by atoms with E-state index in [9.17, 15) is 8.78 Å². The first kappa shape index (κ1) is 12.4. The second-order valence-electron chi connectivity index (χ2n) is 2.85. The lowest BCUT2D eigenvalue weighted by molar-refractivity contribution is -0.0498. The molecule has 0 spiro atoms. The van der Waals surface area contributed by atoms with E-state index in [1.807, 2.05) is 0 Å². The Kier molecular flexibility index (Phi) is 4.44. The molecule has 6 heteroatoms. The number of ether oxygens (including phenoxy) is 1. The average molecular weight is 282 g/mol. The molecule has 0 aromatic heterocycles. The van der Waals surface area contributed by atoms with E-state index in [-0.39, 0.29) is 12.4 Å². The van der Waals surface area contributed by atoms with Gasteiger partial charge in [0.15, 0.2) is 0 Å². The van der Waals surface area contributed by atoms with Crippen molar-refractivity contribution >= 4 is 15.9 Å². The van der Waals surface area contributed by atoms with Gasteiger partial charge in [-0.25, -0.2) is 0 Å². The summed E-state index contributed by atoms with van der Waals surface area (Å²) in [7, 11) is 0. The zero-order valence-electron chi connectivity index (χ0n) is 7.66. The first-order valence-corrected chi connectivity index (χ1v) is 4.94. The van der Waals surface area contributed by atoms with Crippen molar-refractivity contribution in [1.29, 1.82) is 0 Å². The topological polar surface area (TPSA) is 55.5 Å². The molecule has 0 saturated carbocycles. The molecule has 3 nitrogen and oxygen atoms in total. The molecular weight excluding hydrogens is 272 g/mol. The summed E-state index contributed by atoms with van der Waals surface area (Å²) in [5.41, 5.74) is 6.22. The van der Waals surface area contributed by atoms with E-state index in [0.29, 0.717) is 10.0 Å². The fraction of sp³-hybridized carbons (Fsp3) is 0.333. The molecule has 1 rings (SSSR count). The van der Waals surface area contributed by atoms with Gasteiger partial charge in [-0.15, -0.1) is 0 Å². The van der Waals surface area contributed by atoms with Crippen LogP contribution in [0, 0.1) is 0 Å². The molecule has 0 bridgehead atoms. The lowest BCUT2D eigenvalue weighted by Crippen LogP contribution is -2.15. The van der Waals surface area contributed by atoms with Crippen molar-refractivity contribution < 1.29 is 18.6 Å². The van der Waals surface area contributed by atoms with E-state index in [4.69, 9.17) is 10.8 Å². The van der Waals surface area contributed by atoms with Crippen molar-refractivity contribution in [3.8, 4) is 5.75 Å². The fourth-order valence-corrected chi connectivity index (χ4v) is 1.73. The second kappa shape index (κ2) is 5.39. The predicted molar refractivity (Wildman–Crippen MR) is 54.8 cm³/mol. The number of rotatable bonds is 4. The third kappa shape index (κ3) is 3.40. The Morgan fingerprint density at radius 3 is 2.60 bits per heavy atom. The SMILES string of the molecule is N[C@@H](CO)c1ccc(OC(F)F)cc1Br. The van der Waals surface area contributed by atoms with Crippen molar-refractivity contribution in [3.63, 3.8) is 0 Å². The van der Waals surface area contributed by atoms with E-state index < -0.39 is 12.7 Å². The molecular formula is C9H10BrF2NO2. The molecule has 0 fully saturated rings. The number of hydrogen-bond donors (Lipinski definition) is 2. The van der Waals surface area contributed by atoms with Crippen LogP contribution in [0.15, 0.2) is 22.7 Å². The molecule has 0 aliphatic carbocycles. The molecule has 0 saturated heterocycles. The summed E-state index contributed by atoms with van der Waals surface area (Å²) in [6.45, 7) is -3.07. The lowest BCUT2D eigenvalue weighted by Gasteiger charge is -2.12. The normalized spacial score (nSPS) is 12.9. The van der Waals surface area contributed by atoms with Crippen LogP contribution in [-0.4, -0.2) is 18.3 Å². The third-order valence-electron chi connectivity index (χ3n) is 1.79. The minimum absolute atomic E-state index is 0.0470. The summed E-state index contributed by atoms with van der Waals surface area (Å²) in [6, 6.07) is 3.75. The van der Waals surface area contributed by atoms with Gasteiger partial charge in [-0.1, -0.05) is 22.0 Å². The summed E-state index contributed by atoms with van der Waals surface area (Å²) < 4.78 is 28.5. The van der Waals surface area contributed by atoms with E-state index in [0.717, 1.165) is 0 Å². The number of benzene rings is 1. The van der Waals surface area contributed by atoms with Gasteiger partial charge in [0.2, 0.25) is 0 Å². The van der Waals surface area contributed by atoms with E-state index >= 15 is 0 Å². The maximum Gasteiger partial charge on any atom is 0.387 e. The fourth-order valence-electron chi connectivity index (χ4n) is 1.08. The molecule has 3 N–H and O–H groups in total. The van der Waals surface area contributed by atoms with Crippen LogP contribution in [0.3, 0.4) is 0 Å². The molecule has 1 aromatic carbocycles. The summed E-state index contributed by atoms with van der Waals surface area (Å²) in [4.78, 5) is 0. The van der Waals surface area contributed by atoms with Gasteiger partial charge in [0.05, 0.1) is 12.6 Å². The molecule has 0 amide bonds. The van der Waals surface area contributed by atoms with Crippen LogP contribution in [0.5, 0.6) is 5.75 Å². The van der Waals surface area contributed by atoms with Crippen LogP contribution in [0.25, 0.3) is 0 Å². The number of halogens is 3. The number of nitrogens with two attached hydrogens (primary N) is 1. The summed E-state index contributed by atoms with van der Waals surface area (Å²) in [5.74, 6) is 0.0470. The number of aliphatic hydroxyl groups excluding tert-OH is 1. The second-order valence-corrected chi connectivity index (χ2v) is 3.71. The first-order chi connectivity index (χ1) is 7.04. The van der Waals surface area contributed by atoms with E-state index in [1.54, 1.807) is 0 Å². The van der Waals surface area contributed by atoms with Gasteiger partial charge in [0.25, 0.3) is 0 Å². The van der Waals surface area contributed by atoms with Gasteiger partial charge < -0.3 is 15.6 Å². The summed E-state index contributed by atoms with van der Waals surface area (Å²) in [6.07, 6.45) is 0. The minimum atomic E-state index is -2.85. The molecule has 0 radical (unpaired) electrons. The quantitative estimate of drug-likeness (QED) is 0.888. The van der Waals surface area contributed by atoms with E-state index in [2.05, 4.69) is 20.7 Å². The standard InChI is InChI=1S/C9H10BrF2NO2/c10-7-3-5(15-9(11)12)1-2-6(7)8(13)4-14/h1-3,8-9,14H,4,13H2/t8-/m0/s1. The highest BCUT2D eigenvalue weighted by Crippen LogP contribution is 2.27. The zero-order valence-corrected chi connectivity index (χ0v) is 9.25. The highest BCUT2D eigenvalue weighted by atomic mass is 79.9. The summed E-state index contributed by atoms with van der Waals surface area (Å²) >= 11 is 3.16. The van der Waals surface area contributed by atoms with Gasteiger partial charge in [0, 0.05) is 4.47 Å². The van der Waals surface area contributed by atoms with Crippen molar-refractivity contribution in [3.05, 3.63) is 28.2 Å². The number of aliphatic hydroxyl groups is 1. The number of alkyl halides is 2. The molecule has 0 aliphatic heterocycles. The van der Waals surface area contributed by atoms with Gasteiger partial charge >= 0.3 is 6.61 Å². The smallest absolute Gasteiger partial charge is 0.387 e. The Morgan fingerprint density at radius 2 is 2.13 bits per heavy atom. The first-order valence-electron chi connectivity index (χ1n) is 4.15. The van der Waals surface area contributed by atoms with Gasteiger partial charge in [-0.05, 0) is 17.7 Å². The highest BCUT2D eigenvalue weighted by molar-refractivity contribution is 9.10. The molecule has 84 valence electrons. The minimum Gasteiger partial charge on any atom is -0.435 e. The Labute approximate surface area is 94.0 Å². The van der Waals surface area contributed by atoms with Crippen LogP contribution < -0.4 is 10.5 Å². The van der Waals surface area contributed by atoms with Gasteiger partial charge in [-0.2, -0.15) is 8.78 Å². The molecule has 0 unspecified atom stereocenters. The Hall–Kier alpha value is -0.720. The van der Waals surface area contributed by atoms with Gasteiger partial charge in [-0.3, -0.25) is 0 Å². The predicted octanol–water partition coefficient (Wildman–Crippen LogP) is 2.04. The van der Waals surface area contributed by atoms with Crippen LogP contribution in [-0.2, 0) is 0 Å². The van der Waals surface area contributed by atoms with Crippen molar-refractivity contribution in [2.45, 2.75) is 12.7 Å². The Balaban J connectivity index is 2.88. The molecule has 0 aliphatic rings. The summed E-state index contributed by atoms with van der Waals surface area (Å²) in [5, 5.41) is 8.83. The van der Waals surface area contributed by atoms with E-state index in [1.165, 1.54) is 18.2 Å². The Morgan fingerprint density at radius 1 is 1.47 bits per heavy atom. The highest BCUT2D eigenvalue weighted by Gasteiger charge is 2.11. The zero-order chi connectivity index (χ0) is 11.4. The van der Waals surface area contributed by atoms with Gasteiger partial charge in [0.1, 0.15) is 5.75 Å². The molecule has 0 heterocycles. The molecule has 1 atom stereocenters. The van der Waals surface area contributed by atoms with Crippen molar-refractivity contribution in [2.24, 2.45) is 5.73 Å². The average Bonchev–Trinajstić information content (AvgIpc) is 2.16.